The van der Waals surface area contributed by atoms with Crippen molar-refractivity contribution in [3.8, 4) is 22.6 Å². The van der Waals surface area contributed by atoms with Crippen LogP contribution < -0.4 is 9.47 Å². The summed E-state index contributed by atoms with van der Waals surface area (Å²) in [5.74, 6) is -5.08. The molecule has 2 nitrogen and oxygen atoms in total. The minimum Gasteiger partial charge on any atom is -0.429 e. The van der Waals surface area contributed by atoms with Gasteiger partial charge in [0.1, 0.15) is 11.6 Å². The molecule has 1 saturated carbocycles. The SMILES string of the molecule is CC[C@H]1CC[C@H](c2ccc(C(F)(F)Oc3ccccc3-c3cc(F)c(OC(F)F)c(F)c3)c(F)c2)CC1. The molecule has 1 aliphatic carbocycles. The third kappa shape index (κ3) is 6.02. The van der Waals surface area contributed by atoms with E-state index < -0.39 is 47.2 Å². The zero-order valence-electron chi connectivity index (χ0n) is 19.9. The molecular weight excluding hydrogens is 501 g/mol. The van der Waals surface area contributed by atoms with E-state index in [-0.39, 0.29) is 17.0 Å². The number of hydrogen-bond donors (Lipinski definition) is 0. The van der Waals surface area contributed by atoms with Crippen LogP contribution in [0.25, 0.3) is 11.1 Å². The zero-order chi connectivity index (χ0) is 26.7. The Morgan fingerprint density at radius 2 is 1.51 bits per heavy atom. The van der Waals surface area contributed by atoms with Crippen molar-refractivity contribution < 1.29 is 40.2 Å². The molecule has 9 heteroatoms. The molecule has 0 heterocycles. The van der Waals surface area contributed by atoms with Gasteiger partial charge in [0.25, 0.3) is 0 Å². The van der Waals surface area contributed by atoms with Gasteiger partial charge in [-0.3, -0.25) is 0 Å². The van der Waals surface area contributed by atoms with Crippen LogP contribution in [0.5, 0.6) is 11.5 Å². The van der Waals surface area contributed by atoms with Crippen molar-refractivity contribution in [2.75, 3.05) is 0 Å². The third-order valence-electron chi connectivity index (χ3n) is 6.84. The Balaban J connectivity index is 1.59. The second kappa shape index (κ2) is 11.0. The fraction of sp³-hybridized carbons (Fsp3) is 0.357. The van der Waals surface area contributed by atoms with Gasteiger partial charge in [-0.25, -0.2) is 13.2 Å². The molecule has 0 saturated heterocycles. The Morgan fingerprint density at radius 3 is 2.11 bits per heavy atom. The van der Waals surface area contributed by atoms with Crippen molar-refractivity contribution in [1.82, 2.24) is 0 Å². The van der Waals surface area contributed by atoms with E-state index in [0.717, 1.165) is 50.3 Å². The molecule has 0 unspecified atom stereocenters. The van der Waals surface area contributed by atoms with Crippen molar-refractivity contribution in [3.05, 3.63) is 83.2 Å². The van der Waals surface area contributed by atoms with Crippen LogP contribution in [0.4, 0.5) is 30.7 Å². The second-order valence-electron chi connectivity index (χ2n) is 9.13. The van der Waals surface area contributed by atoms with E-state index in [0.29, 0.717) is 23.6 Å². The molecule has 37 heavy (non-hydrogen) atoms. The van der Waals surface area contributed by atoms with Gasteiger partial charge in [-0.2, -0.15) is 17.6 Å². The number of halogens is 7. The van der Waals surface area contributed by atoms with E-state index in [1.807, 2.05) is 0 Å². The first-order valence-electron chi connectivity index (χ1n) is 12.0. The van der Waals surface area contributed by atoms with Crippen molar-refractivity contribution in [2.24, 2.45) is 5.92 Å². The molecule has 0 bridgehead atoms. The lowest BCUT2D eigenvalue weighted by Crippen LogP contribution is -2.24. The van der Waals surface area contributed by atoms with E-state index in [4.69, 9.17) is 4.74 Å². The number of para-hydroxylation sites is 1. The Labute approximate surface area is 210 Å². The monoisotopic (exact) mass is 526 g/mol. The van der Waals surface area contributed by atoms with Crippen LogP contribution in [0.2, 0.25) is 0 Å². The zero-order valence-corrected chi connectivity index (χ0v) is 19.9. The van der Waals surface area contributed by atoms with Crippen LogP contribution in [0, 0.1) is 23.4 Å². The van der Waals surface area contributed by atoms with Crippen LogP contribution in [0.3, 0.4) is 0 Å². The van der Waals surface area contributed by atoms with Crippen LogP contribution in [-0.4, -0.2) is 6.61 Å². The number of alkyl halides is 4. The topological polar surface area (TPSA) is 18.5 Å². The predicted octanol–water partition coefficient (Wildman–Crippen LogP) is 9.18. The number of rotatable bonds is 8. The summed E-state index contributed by atoms with van der Waals surface area (Å²) in [6.45, 7) is -1.33. The highest BCUT2D eigenvalue weighted by Gasteiger charge is 2.39. The smallest absolute Gasteiger partial charge is 0.429 e. The molecule has 0 spiro atoms. The van der Waals surface area contributed by atoms with Crippen molar-refractivity contribution in [2.45, 2.75) is 57.7 Å². The molecule has 0 radical (unpaired) electrons. The molecule has 0 N–H and O–H groups in total. The minimum absolute atomic E-state index is 0.100. The number of benzene rings is 3. The highest BCUT2D eigenvalue weighted by Crippen LogP contribution is 2.42. The van der Waals surface area contributed by atoms with Gasteiger partial charge in [0, 0.05) is 5.56 Å². The molecule has 0 aliphatic heterocycles. The fourth-order valence-corrected chi connectivity index (χ4v) is 4.83. The second-order valence-corrected chi connectivity index (χ2v) is 9.13. The molecule has 198 valence electrons. The Hall–Kier alpha value is -3.23. The average Bonchev–Trinajstić information content (AvgIpc) is 2.86. The summed E-state index contributed by atoms with van der Waals surface area (Å²) in [5, 5.41) is 0. The van der Waals surface area contributed by atoms with Crippen molar-refractivity contribution in [1.29, 1.82) is 0 Å². The summed E-state index contributed by atoms with van der Waals surface area (Å²) in [7, 11) is 0. The molecule has 1 fully saturated rings. The van der Waals surface area contributed by atoms with Crippen LogP contribution in [0.15, 0.2) is 54.6 Å². The van der Waals surface area contributed by atoms with Crippen LogP contribution >= 0.6 is 0 Å². The van der Waals surface area contributed by atoms with Crippen LogP contribution in [-0.2, 0) is 6.11 Å². The molecule has 0 amide bonds. The van der Waals surface area contributed by atoms with E-state index in [1.165, 1.54) is 24.3 Å². The summed E-state index contributed by atoms with van der Waals surface area (Å²) in [6, 6.07) is 10.0. The van der Waals surface area contributed by atoms with Crippen LogP contribution in [0.1, 0.15) is 56.1 Å². The molecule has 3 aromatic rings. The van der Waals surface area contributed by atoms with Gasteiger partial charge in [0.05, 0.1) is 5.56 Å². The highest BCUT2D eigenvalue weighted by atomic mass is 19.3. The fourth-order valence-electron chi connectivity index (χ4n) is 4.83. The van der Waals surface area contributed by atoms with Gasteiger partial charge in [-0.05, 0) is 79.0 Å². The maximum atomic E-state index is 15.1. The standard InChI is InChI=1S/C28H25F7O2/c1-2-16-7-9-17(10-8-16)18-11-12-21(22(29)13-18)28(34,35)37-25-6-4-3-5-20(25)19-14-23(30)26(24(31)15-19)36-27(32)33/h3-6,11-17,27H,2,7-10H2,1H3/t16-,17-. The average molecular weight is 526 g/mol. The lowest BCUT2D eigenvalue weighted by molar-refractivity contribution is -0.187. The third-order valence-corrected chi connectivity index (χ3v) is 6.84. The maximum absolute atomic E-state index is 15.1. The van der Waals surface area contributed by atoms with Gasteiger partial charge < -0.3 is 9.47 Å². The van der Waals surface area contributed by atoms with Gasteiger partial charge in [0.15, 0.2) is 17.4 Å². The van der Waals surface area contributed by atoms with E-state index in [2.05, 4.69) is 11.7 Å². The largest absolute Gasteiger partial charge is 0.429 e. The van der Waals surface area contributed by atoms with Crippen molar-refractivity contribution in [3.63, 3.8) is 0 Å². The Bertz CT molecular complexity index is 1210. The normalized spacial score (nSPS) is 18.2. The first-order chi connectivity index (χ1) is 17.6. The van der Waals surface area contributed by atoms with E-state index >= 15 is 8.78 Å². The van der Waals surface area contributed by atoms with E-state index in [9.17, 15) is 22.0 Å². The quantitative estimate of drug-likeness (QED) is 0.273. The first-order valence-corrected chi connectivity index (χ1v) is 12.0. The predicted molar refractivity (Wildman–Crippen MR) is 124 cm³/mol. The lowest BCUT2D eigenvalue weighted by Gasteiger charge is -2.28. The van der Waals surface area contributed by atoms with Gasteiger partial charge in [-0.1, -0.05) is 37.6 Å². The molecule has 1 aliphatic rings. The van der Waals surface area contributed by atoms with E-state index in [1.54, 1.807) is 0 Å². The van der Waals surface area contributed by atoms with Gasteiger partial charge in [0.2, 0.25) is 0 Å². The summed E-state index contributed by atoms with van der Waals surface area (Å²) in [6.07, 6.45) is 0.720. The lowest BCUT2D eigenvalue weighted by atomic mass is 9.78. The minimum atomic E-state index is -4.12. The highest BCUT2D eigenvalue weighted by molar-refractivity contribution is 5.71. The summed E-state index contributed by atoms with van der Waals surface area (Å²) in [5.41, 5.74) is -0.745. The molecule has 3 aromatic carbocycles. The first kappa shape index (κ1) is 26.8. The molecule has 0 atom stereocenters. The summed E-state index contributed by atoms with van der Waals surface area (Å²) >= 11 is 0. The van der Waals surface area contributed by atoms with Crippen molar-refractivity contribution >= 4 is 0 Å². The maximum Gasteiger partial charge on any atom is 0.429 e. The molecule has 4 rings (SSSR count). The molecular formula is C28H25F7O2. The van der Waals surface area contributed by atoms with Gasteiger partial charge >= 0.3 is 12.7 Å². The Morgan fingerprint density at radius 1 is 0.865 bits per heavy atom. The molecule has 0 aromatic heterocycles. The number of ether oxygens (including phenoxy) is 2. The summed E-state index contributed by atoms with van der Waals surface area (Å²) < 4.78 is 107. The Kier molecular flexibility index (Phi) is 7.99. The summed E-state index contributed by atoms with van der Waals surface area (Å²) in [4.78, 5) is 0. The number of hydrogen-bond acceptors (Lipinski definition) is 2. The van der Waals surface area contributed by atoms with Gasteiger partial charge in [-0.15, -0.1) is 0 Å².